The van der Waals surface area contributed by atoms with Gasteiger partial charge in [0.25, 0.3) is 5.91 Å². The van der Waals surface area contributed by atoms with Gasteiger partial charge < -0.3 is 19.8 Å². The van der Waals surface area contributed by atoms with Gasteiger partial charge in [0.2, 0.25) is 0 Å². The van der Waals surface area contributed by atoms with E-state index in [0.717, 1.165) is 46.0 Å². The number of thioether (sulfide) groups is 1. The summed E-state index contributed by atoms with van der Waals surface area (Å²) in [5.74, 6) is -3.61. The van der Waals surface area contributed by atoms with Crippen molar-refractivity contribution in [1.82, 2.24) is 0 Å². The maximum absolute atomic E-state index is 12.9. The third-order valence-electron chi connectivity index (χ3n) is 4.52. The molecule has 1 aliphatic heterocycles. The summed E-state index contributed by atoms with van der Waals surface area (Å²) in [5.41, 5.74) is 1.22. The zero-order chi connectivity index (χ0) is 22.2. The molecule has 6 nitrogen and oxygen atoms in total. The van der Waals surface area contributed by atoms with Gasteiger partial charge in [0.15, 0.2) is 4.32 Å². The second-order valence-electron chi connectivity index (χ2n) is 7.73. The number of carboxylic acid groups (broad SMARTS) is 2. The Kier molecular flexibility index (Phi) is 5.83. The number of aromatic carboxylic acids is 2. The summed E-state index contributed by atoms with van der Waals surface area (Å²) >= 11 is 6.33. The number of benzene rings is 2. The summed E-state index contributed by atoms with van der Waals surface area (Å²) in [4.78, 5) is 36.8. The lowest BCUT2D eigenvalue weighted by Gasteiger charge is -2.19. The summed E-state index contributed by atoms with van der Waals surface area (Å²) < 4.78 is 0.164. The van der Waals surface area contributed by atoms with Crippen LogP contribution in [-0.4, -0.2) is 22.2 Å². The zero-order valence-electron chi connectivity index (χ0n) is 16.4. The van der Waals surface area contributed by atoms with Gasteiger partial charge in [-0.1, -0.05) is 69.0 Å². The lowest BCUT2D eigenvalue weighted by atomic mass is 9.87. The second-order valence-corrected chi connectivity index (χ2v) is 9.41. The van der Waals surface area contributed by atoms with E-state index in [0.29, 0.717) is 4.91 Å². The maximum atomic E-state index is 12.9. The average molecular weight is 440 g/mol. The van der Waals surface area contributed by atoms with Crippen LogP contribution in [0.3, 0.4) is 0 Å². The van der Waals surface area contributed by atoms with Crippen molar-refractivity contribution < 1.29 is 24.6 Å². The summed E-state index contributed by atoms with van der Waals surface area (Å²) in [7, 11) is 0. The molecule has 2 aromatic carbocycles. The van der Waals surface area contributed by atoms with Gasteiger partial charge in [-0.2, -0.15) is 0 Å². The molecule has 0 unspecified atom stereocenters. The Morgan fingerprint density at radius 3 is 2.00 bits per heavy atom. The molecule has 1 amide bonds. The summed E-state index contributed by atoms with van der Waals surface area (Å²) in [6, 6.07) is 11.0. The Morgan fingerprint density at radius 2 is 1.53 bits per heavy atom. The van der Waals surface area contributed by atoms with E-state index < -0.39 is 17.8 Å². The van der Waals surface area contributed by atoms with Crippen LogP contribution in [-0.2, 0) is 10.2 Å². The van der Waals surface area contributed by atoms with Crippen LogP contribution in [0.4, 0.5) is 5.69 Å². The molecule has 1 aliphatic rings. The number of carboxylic acids is 2. The van der Waals surface area contributed by atoms with Crippen LogP contribution in [0.15, 0.2) is 47.4 Å². The smallest absolute Gasteiger partial charge is 0.270 e. The molecular weight excluding hydrogens is 422 g/mol. The molecule has 154 valence electrons. The molecule has 1 saturated heterocycles. The van der Waals surface area contributed by atoms with Crippen molar-refractivity contribution in [2.45, 2.75) is 26.2 Å². The molecule has 30 heavy (non-hydrogen) atoms. The summed E-state index contributed by atoms with van der Waals surface area (Å²) in [5, 5.41) is 22.5. The Bertz CT molecular complexity index is 1070. The number of hydrogen-bond donors (Lipinski definition) is 0. The van der Waals surface area contributed by atoms with Crippen LogP contribution in [0.2, 0.25) is 0 Å². The van der Waals surface area contributed by atoms with Gasteiger partial charge in [-0.05, 0) is 51.9 Å². The highest BCUT2D eigenvalue weighted by molar-refractivity contribution is 8.27. The number of anilines is 1. The quantitative estimate of drug-likeness (QED) is 0.531. The van der Waals surface area contributed by atoms with Crippen molar-refractivity contribution in [3.05, 3.63) is 69.6 Å². The lowest BCUT2D eigenvalue weighted by Crippen LogP contribution is -2.30. The fraction of sp³-hybridized carbons (Fsp3) is 0.182. The van der Waals surface area contributed by atoms with E-state index in [4.69, 9.17) is 12.2 Å². The average Bonchev–Trinajstić information content (AvgIpc) is 2.94. The van der Waals surface area contributed by atoms with Crippen LogP contribution < -0.4 is 15.1 Å². The van der Waals surface area contributed by atoms with Gasteiger partial charge >= 0.3 is 0 Å². The number of thiocarbonyl (C=S) groups is 1. The predicted octanol–water partition coefficient (Wildman–Crippen LogP) is 2.12. The molecule has 0 aromatic heterocycles. The maximum Gasteiger partial charge on any atom is 0.270 e. The minimum absolute atomic E-state index is 0.00266. The highest BCUT2D eigenvalue weighted by atomic mass is 32.2. The number of carbonyl (C=O) groups is 3. The minimum Gasteiger partial charge on any atom is -0.545 e. The van der Waals surface area contributed by atoms with Crippen molar-refractivity contribution in [2.24, 2.45) is 0 Å². The molecule has 0 atom stereocenters. The minimum atomic E-state index is -1.57. The van der Waals surface area contributed by atoms with Gasteiger partial charge in [0.05, 0.1) is 22.5 Å². The molecule has 1 heterocycles. The first kappa shape index (κ1) is 21.7. The van der Waals surface area contributed by atoms with Crippen LogP contribution >= 0.6 is 24.0 Å². The molecule has 8 heteroatoms. The third kappa shape index (κ3) is 4.44. The SMILES string of the molecule is CC(C)(C)c1ccc(/C=C2\SC(=S)N(c3cc(C(=O)[O-])cc(C(=O)[O-])c3)C2=O)cc1. The van der Waals surface area contributed by atoms with Crippen molar-refractivity contribution in [1.29, 1.82) is 0 Å². The molecule has 1 fully saturated rings. The number of amides is 1. The molecule has 3 rings (SSSR count). The van der Waals surface area contributed by atoms with Gasteiger partial charge in [-0.3, -0.25) is 9.69 Å². The van der Waals surface area contributed by atoms with Gasteiger partial charge in [0.1, 0.15) is 0 Å². The van der Waals surface area contributed by atoms with Crippen molar-refractivity contribution in [2.75, 3.05) is 4.90 Å². The highest BCUT2D eigenvalue weighted by Gasteiger charge is 2.33. The monoisotopic (exact) mass is 439 g/mol. The van der Waals surface area contributed by atoms with E-state index in [2.05, 4.69) is 20.8 Å². The molecule has 0 spiro atoms. The Hall–Kier alpha value is -2.97. The molecule has 0 radical (unpaired) electrons. The van der Waals surface area contributed by atoms with E-state index in [-0.39, 0.29) is 26.5 Å². The highest BCUT2D eigenvalue weighted by Crippen LogP contribution is 2.37. The van der Waals surface area contributed by atoms with Crippen LogP contribution in [0, 0.1) is 0 Å². The van der Waals surface area contributed by atoms with E-state index >= 15 is 0 Å². The lowest BCUT2D eigenvalue weighted by molar-refractivity contribution is -0.255. The molecule has 0 bridgehead atoms. The van der Waals surface area contributed by atoms with Crippen molar-refractivity contribution >= 4 is 57.9 Å². The van der Waals surface area contributed by atoms with Crippen LogP contribution in [0.25, 0.3) is 6.08 Å². The van der Waals surface area contributed by atoms with E-state index in [1.54, 1.807) is 6.08 Å². The molecule has 0 saturated carbocycles. The number of carbonyl (C=O) groups excluding carboxylic acids is 3. The number of hydrogen-bond acceptors (Lipinski definition) is 7. The number of nitrogens with zero attached hydrogens (tertiary/aromatic N) is 1. The van der Waals surface area contributed by atoms with Gasteiger partial charge in [-0.15, -0.1) is 0 Å². The molecule has 0 aliphatic carbocycles. The molecular formula is C22H17NO5S2-2. The summed E-state index contributed by atoms with van der Waals surface area (Å²) in [6.07, 6.45) is 1.69. The summed E-state index contributed by atoms with van der Waals surface area (Å²) in [6.45, 7) is 6.32. The molecule has 2 aromatic rings. The first-order chi connectivity index (χ1) is 14.0. The first-order valence-electron chi connectivity index (χ1n) is 8.93. The third-order valence-corrected chi connectivity index (χ3v) is 5.82. The predicted molar refractivity (Wildman–Crippen MR) is 116 cm³/mol. The fourth-order valence-electron chi connectivity index (χ4n) is 2.90. The number of rotatable bonds is 4. The van der Waals surface area contributed by atoms with Crippen molar-refractivity contribution in [3.63, 3.8) is 0 Å². The van der Waals surface area contributed by atoms with E-state index in [1.165, 1.54) is 0 Å². The fourth-order valence-corrected chi connectivity index (χ4v) is 4.20. The Balaban J connectivity index is 1.96. The van der Waals surface area contributed by atoms with Gasteiger partial charge in [-0.25, -0.2) is 0 Å². The first-order valence-corrected chi connectivity index (χ1v) is 10.2. The van der Waals surface area contributed by atoms with Crippen LogP contribution in [0.1, 0.15) is 52.6 Å². The zero-order valence-corrected chi connectivity index (χ0v) is 18.1. The Labute approximate surface area is 183 Å². The largest absolute Gasteiger partial charge is 0.545 e. The Morgan fingerprint density at radius 1 is 1.00 bits per heavy atom. The van der Waals surface area contributed by atoms with E-state index in [1.807, 2.05) is 24.3 Å². The molecule has 0 N–H and O–H groups in total. The van der Waals surface area contributed by atoms with Crippen molar-refractivity contribution in [3.8, 4) is 0 Å². The van der Waals surface area contributed by atoms with Crippen LogP contribution in [0.5, 0.6) is 0 Å². The second kappa shape index (κ2) is 8.04. The normalized spacial score (nSPS) is 15.7. The standard InChI is InChI=1S/C22H19NO5S2/c1-22(2,3)15-6-4-12(5-7-15)8-17-18(24)23(21(29)30-17)16-10-13(19(25)26)9-14(11-16)20(27)28/h4-11H,1-3H3,(H,25,26)(H,27,28)/p-2/b17-8-. The topological polar surface area (TPSA) is 101 Å². The van der Waals surface area contributed by atoms with E-state index in [9.17, 15) is 24.6 Å². The van der Waals surface area contributed by atoms with Gasteiger partial charge in [0, 0.05) is 0 Å².